The van der Waals surface area contributed by atoms with Crippen LogP contribution in [0.15, 0.2) is 42.6 Å². The maximum Gasteiger partial charge on any atom is 0.132 e. The number of nitrogens with zero attached hydrogens (tertiary/aromatic N) is 1. The van der Waals surface area contributed by atoms with E-state index >= 15 is 0 Å². The molecule has 0 spiro atoms. The number of hydrogen-bond donors (Lipinski definition) is 0. The van der Waals surface area contributed by atoms with Gasteiger partial charge in [0.2, 0.25) is 0 Å². The smallest absolute Gasteiger partial charge is 0.132 e. The van der Waals surface area contributed by atoms with Crippen molar-refractivity contribution in [2.45, 2.75) is 0 Å². The van der Waals surface area contributed by atoms with E-state index in [1.165, 1.54) is 6.07 Å². The molecule has 1 aromatic carbocycles. The summed E-state index contributed by atoms with van der Waals surface area (Å²) in [5.74, 6) is -0.290. The first kappa shape index (κ1) is 9.16. The van der Waals surface area contributed by atoms with Crippen molar-refractivity contribution >= 4 is 11.6 Å². The van der Waals surface area contributed by atoms with Crippen molar-refractivity contribution in [2.75, 3.05) is 0 Å². The second-order valence-electron chi connectivity index (χ2n) is 2.84. The molecule has 1 heterocycles. The van der Waals surface area contributed by atoms with Gasteiger partial charge < -0.3 is 0 Å². The molecular formula is C11H7ClFN. The van der Waals surface area contributed by atoms with Crippen LogP contribution in [0.25, 0.3) is 11.3 Å². The molecule has 0 aliphatic carbocycles. The van der Waals surface area contributed by atoms with E-state index in [0.717, 1.165) is 0 Å². The lowest BCUT2D eigenvalue weighted by Gasteiger charge is -2.01. The third-order valence-electron chi connectivity index (χ3n) is 1.87. The average Bonchev–Trinajstić information content (AvgIpc) is 2.18. The zero-order valence-electron chi connectivity index (χ0n) is 7.24. The first-order valence-corrected chi connectivity index (χ1v) is 4.51. The first-order valence-electron chi connectivity index (χ1n) is 4.14. The summed E-state index contributed by atoms with van der Waals surface area (Å²) in [6, 6.07) is 9.78. The monoisotopic (exact) mass is 207 g/mol. The van der Waals surface area contributed by atoms with Gasteiger partial charge in [-0.2, -0.15) is 0 Å². The summed E-state index contributed by atoms with van der Waals surface area (Å²) in [7, 11) is 0. The van der Waals surface area contributed by atoms with Crippen LogP contribution in [0.3, 0.4) is 0 Å². The van der Waals surface area contributed by atoms with Crippen molar-refractivity contribution in [2.24, 2.45) is 0 Å². The lowest BCUT2D eigenvalue weighted by molar-refractivity contribution is 0.631. The molecule has 0 unspecified atom stereocenters. The molecule has 1 nitrogen and oxygen atoms in total. The van der Waals surface area contributed by atoms with Gasteiger partial charge in [-0.3, -0.25) is 4.98 Å². The van der Waals surface area contributed by atoms with Crippen LogP contribution >= 0.6 is 11.6 Å². The van der Waals surface area contributed by atoms with E-state index in [-0.39, 0.29) is 5.82 Å². The zero-order chi connectivity index (χ0) is 9.97. The quantitative estimate of drug-likeness (QED) is 0.697. The van der Waals surface area contributed by atoms with Gasteiger partial charge in [-0.25, -0.2) is 4.39 Å². The van der Waals surface area contributed by atoms with Gasteiger partial charge in [0.25, 0.3) is 0 Å². The van der Waals surface area contributed by atoms with Crippen molar-refractivity contribution in [3.05, 3.63) is 53.4 Å². The molecular weight excluding hydrogens is 201 g/mol. The Labute approximate surface area is 86.2 Å². The standard InChI is InChI=1S/C11H7ClFN/c12-8-5-6-14-11(7-8)9-3-1-2-4-10(9)13/h1-7H. The van der Waals surface area contributed by atoms with Crippen LogP contribution in [0.4, 0.5) is 4.39 Å². The predicted octanol–water partition coefficient (Wildman–Crippen LogP) is 3.54. The number of pyridine rings is 1. The van der Waals surface area contributed by atoms with E-state index in [1.807, 2.05) is 0 Å². The minimum absolute atomic E-state index is 0.290. The summed E-state index contributed by atoms with van der Waals surface area (Å²) in [6.45, 7) is 0. The molecule has 0 N–H and O–H groups in total. The van der Waals surface area contributed by atoms with Gasteiger partial charge >= 0.3 is 0 Å². The molecule has 0 atom stereocenters. The highest BCUT2D eigenvalue weighted by atomic mass is 35.5. The SMILES string of the molecule is Fc1ccccc1-c1cc(Cl)ccn1. The normalized spacial score (nSPS) is 10.1. The van der Waals surface area contributed by atoms with E-state index in [2.05, 4.69) is 4.98 Å². The first-order chi connectivity index (χ1) is 6.77. The van der Waals surface area contributed by atoms with Gasteiger partial charge in [0.1, 0.15) is 5.82 Å². The topological polar surface area (TPSA) is 12.9 Å². The maximum absolute atomic E-state index is 13.3. The molecule has 0 saturated heterocycles. The second kappa shape index (κ2) is 3.76. The van der Waals surface area contributed by atoms with Crippen LogP contribution in [0, 0.1) is 5.82 Å². The summed E-state index contributed by atoms with van der Waals surface area (Å²) in [5.41, 5.74) is 1.02. The van der Waals surface area contributed by atoms with Crippen molar-refractivity contribution in [3.63, 3.8) is 0 Å². The minimum atomic E-state index is -0.290. The highest BCUT2D eigenvalue weighted by Gasteiger charge is 2.04. The Hall–Kier alpha value is -1.41. The van der Waals surface area contributed by atoms with Crippen LogP contribution in [0.1, 0.15) is 0 Å². The molecule has 0 aliphatic heterocycles. The van der Waals surface area contributed by atoms with E-state index in [0.29, 0.717) is 16.3 Å². The van der Waals surface area contributed by atoms with Gasteiger partial charge in [-0.15, -0.1) is 0 Å². The zero-order valence-corrected chi connectivity index (χ0v) is 8.00. The van der Waals surface area contributed by atoms with E-state index in [9.17, 15) is 4.39 Å². The molecule has 2 aromatic rings. The van der Waals surface area contributed by atoms with Crippen molar-refractivity contribution in [1.29, 1.82) is 0 Å². The van der Waals surface area contributed by atoms with Crippen molar-refractivity contribution < 1.29 is 4.39 Å². The average molecular weight is 208 g/mol. The molecule has 0 saturated carbocycles. The van der Waals surface area contributed by atoms with Gasteiger partial charge in [-0.05, 0) is 24.3 Å². The Morgan fingerprint density at radius 3 is 2.64 bits per heavy atom. The van der Waals surface area contributed by atoms with Crippen molar-refractivity contribution in [3.8, 4) is 11.3 Å². The summed E-state index contributed by atoms with van der Waals surface area (Å²) in [5, 5.41) is 0.554. The van der Waals surface area contributed by atoms with Gasteiger partial charge in [0, 0.05) is 16.8 Å². The molecule has 14 heavy (non-hydrogen) atoms. The third-order valence-corrected chi connectivity index (χ3v) is 2.11. The van der Waals surface area contributed by atoms with E-state index in [4.69, 9.17) is 11.6 Å². The number of halogens is 2. The number of benzene rings is 1. The summed E-state index contributed by atoms with van der Waals surface area (Å²) < 4.78 is 13.3. The fourth-order valence-electron chi connectivity index (χ4n) is 1.22. The Bertz CT molecular complexity index is 457. The molecule has 0 radical (unpaired) electrons. The van der Waals surface area contributed by atoms with Crippen molar-refractivity contribution in [1.82, 2.24) is 4.98 Å². The van der Waals surface area contributed by atoms with Crippen LogP contribution in [0.2, 0.25) is 5.02 Å². The lowest BCUT2D eigenvalue weighted by atomic mass is 10.1. The van der Waals surface area contributed by atoms with E-state index in [1.54, 1.807) is 36.5 Å². The largest absolute Gasteiger partial charge is 0.256 e. The molecule has 70 valence electrons. The number of aromatic nitrogens is 1. The Morgan fingerprint density at radius 2 is 1.93 bits per heavy atom. The number of hydrogen-bond acceptors (Lipinski definition) is 1. The fourth-order valence-corrected chi connectivity index (χ4v) is 1.38. The van der Waals surface area contributed by atoms with Gasteiger partial charge in [0.15, 0.2) is 0 Å². The molecule has 0 bridgehead atoms. The molecule has 3 heteroatoms. The summed E-state index contributed by atoms with van der Waals surface area (Å²) in [4.78, 5) is 4.05. The van der Waals surface area contributed by atoms with Gasteiger partial charge in [-0.1, -0.05) is 23.7 Å². The molecule has 0 fully saturated rings. The highest BCUT2D eigenvalue weighted by molar-refractivity contribution is 6.30. The summed E-state index contributed by atoms with van der Waals surface area (Å²) >= 11 is 5.78. The third kappa shape index (κ3) is 1.75. The van der Waals surface area contributed by atoms with Gasteiger partial charge in [0.05, 0.1) is 5.69 Å². The van der Waals surface area contributed by atoms with Crippen LogP contribution in [0.5, 0.6) is 0 Å². The maximum atomic E-state index is 13.3. The Kier molecular flexibility index (Phi) is 2.46. The lowest BCUT2D eigenvalue weighted by Crippen LogP contribution is -1.86. The highest BCUT2D eigenvalue weighted by Crippen LogP contribution is 2.22. The van der Waals surface area contributed by atoms with E-state index < -0.39 is 0 Å². The Balaban J connectivity index is 2.55. The molecule has 1 aromatic heterocycles. The minimum Gasteiger partial charge on any atom is -0.256 e. The fraction of sp³-hybridized carbons (Fsp3) is 0. The Morgan fingerprint density at radius 1 is 1.14 bits per heavy atom. The molecule has 0 aliphatic rings. The van der Waals surface area contributed by atoms with Crippen LogP contribution in [-0.4, -0.2) is 4.98 Å². The predicted molar refractivity (Wildman–Crippen MR) is 54.6 cm³/mol. The molecule has 0 amide bonds. The summed E-state index contributed by atoms with van der Waals surface area (Å²) in [6.07, 6.45) is 1.56. The van der Waals surface area contributed by atoms with Crippen LogP contribution < -0.4 is 0 Å². The van der Waals surface area contributed by atoms with Crippen LogP contribution in [-0.2, 0) is 0 Å². The molecule has 2 rings (SSSR count). The second-order valence-corrected chi connectivity index (χ2v) is 3.28. The number of rotatable bonds is 1.